The number of amides is 2. The summed E-state index contributed by atoms with van der Waals surface area (Å²) in [5.74, 6) is -0.429. The molecule has 1 aromatic carbocycles. The van der Waals surface area contributed by atoms with Gasteiger partial charge in [-0.3, -0.25) is 14.6 Å². The second-order valence-corrected chi connectivity index (χ2v) is 6.77. The Morgan fingerprint density at radius 1 is 0.962 bits per heavy atom. The van der Waals surface area contributed by atoms with Gasteiger partial charge in [-0.2, -0.15) is 0 Å². The number of aromatic nitrogens is 1. The van der Waals surface area contributed by atoms with Crippen LogP contribution in [0.3, 0.4) is 0 Å². The summed E-state index contributed by atoms with van der Waals surface area (Å²) in [6.45, 7) is 3.63. The van der Waals surface area contributed by atoms with Gasteiger partial charge < -0.3 is 10.6 Å². The van der Waals surface area contributed by atoms with Crippen LogP contribution in [0, 0.1) is 13.8 Å². The summed E-state index contributed by atoms with van der Waals surface area (Å²) in [6.07, 6.45) is 0. The highest BCUT2D eigenvalue weighted by atomic mass is 32.1. The number of nitrogens with one attached hydrogen (secondary N) is 2. The first kappa shape index (κ1) is 17.8. The van der Waals surface area contributed by atoms with Crippen molar-refractivity contribution in [3.63, 3.8) is 0 Å². The van der Waals surface area contributed by atoms with Crippen molar-refractivity contribution in [3.05, 3.63) is 70.2 Å². The Balaban J connectivity index is 1.86. The van der Waals surface area contributed by atoms with E-state index in [2.05, 4.69) is 15.6 Å². The molecule has 2 N–H and O–H groups in total. The average Bonchev–Trinajstić information content (AvgIpc) is 3.17. The lowest BCUT2D eigenvalue weighted by Gasteiger charge is -2.13. The lowest BCUT2D eigenvalue weighted by molar-refractivity contribution is 0.0960. The molecule has 0 fully saturated rings. The first-order valence-corrected chi connectivity index (χ1v) is 9.03. The molecule has 5 nitrogen and oxygen atoms in total. The molecule has 0 aliphatic rings. The number of hydrogen-bond donors (Lipinski definition) is 2. The molecule has 0 saturated heterocycles. The zero-order chi connectivity index (χ0) is 18.7. The molecule has 0 atom stereocenters. The van der Waals surface area contributed by atoms with E-state index in [1.807, 2.05) is 37.4 Å². The zero-order valence-corrected chi connectivity index (χ0v) is 15.6. The van der Waals surface area contributed by atoms with Crippen molar-refractivity contribution in [2.75, 3.05) is 12.4 Å². The molecule has 2 aromatic heterocycles. The Morgan fingerprint density at radius 2 is 1.77 bits per heavy atom. The van der Waals surface area contributed by atoms with Crippen LogP contribution in [0.1, 0.15) is 32.0 Å². The zero-order valence-electron chi connectivity index (χ0n) is 14.8. The summed E-state index contributed by atoms with van der Waals surface area (Å²) in [6, 6.07) is 12.9. The second-order valence-electron chi connectivity index (χ2n) is 5.82. The van der Waals surface area contributed by atoms with Crippen LogP contribution < -0.4 is 10.6 Å². The summed E-state index contributed by atoms with van der Waals surface area (Å²) in [7, 11) is 1.58. The number of carbonyl (C=O) groups excluding carboxylic acids is 2. The smallest absolute Gasteiger partial charge is 0.257 e. The molecule has 0 aliphatic heterocycles. The van der Waals surface area contributed by atoms with Crippen LogP contribution >= 0.6 is 11.3 Å². The number of thiophene rings is 1. The molecule has 0 spiro atoms. The lowest BCUT2D eigenvalue weighted by atomic mass is 10.1. The molecular weight excluding hydrogens is 346 g/mol. The van der Waals surface area contributed by atoms with Crippen LogP contribution in [0.15, 0.2) is 47.8 Å². The second kappa shape index (κ2) is 7.49. The number of benzene rings is 1. The van der Waals surface area contributed by atoms with Crippen molar-refractivity contribution in [2.24, 2.45) is 0 Å². The van der Waals surface area contributed by atoms with E-state index in [-0.39, 0.29) is 11.8 Å². The molecule has 0 unspecified atom stereocenters. The monoisotopic (exact) mass is 365 g/mol. The summed E-state index contributed by atoms with van der Waals surface area (Å²) < 4.78 is 0. The van der Waals surface area contributed by atoms with Crippen molar-refractivity contribution < 1.29 is 9.59 Å². The summed E-state index contributed by atoms with van der Waals surface area (Å²) in [5.41, 5.74) is 3.89. The molecule has 2 amide bonds. The maximum absolute atomic E-state index is 12.7. The summed E-state index contributed by atoms with van der Waals surface area (Å²) in [4.78, 5) is 30.2. The van der Waals surface area contributed by atoms with Crippen molar-refractivity contribution in [1.82, 2.24) is 10.3 Å². The van der Waals surface area contributed by atoms with Crippen LogP contribution in [0.5, 0.6) is 0 Å². The maximum Gasteiger partial charge on any atom is 0.257 e. The molecule has 26 heavy (non-hydrogen) atoms. The number of nitrogens with zero attached hydrogens (tertiary/aromatic N) is 1. The van der Waals surface area contributed by atoms with E-state index in [1.165, 1.54) is 0 Å². The number of anilines is 1. The van der Waals surface area contributed by atoms with Crippen LogP contribution in [-0.2, 0) is 0 Å². The third kappa shape index (κ3) is 3.50. The van der Waals surface area contributed by atoms with Gasteiger partial charge in [0.25, 0.3) is 11.8 Å². The Bertz CT molecular complexity index is 965. The number of hydrogen-bond acceptors (Lipinski definition) is 4. The average molecular weight is 365 g/mol. The Kier molecular flexibility index (Phi) is 5.14. The number of aryl methyl sites for hydroxylation is 1. The number of carbonyl (C=O) groups is 2. The van der Waals surface area contributed by atoms with Gasteiger partial charge in [0, 0.05) is 18.3 Å². The highest BCUT2D eigenvalue weighted by molar-refractivity contribution is 7.13. The molecule has 6 heteroatoms. The highest BCUT2D eigenvalue weighted by Crippen LogP contribution is 2.25. The molecule has 0 aliphatic carbocycles. The van der Waals surface area contributed by atoms with Crippen LogP contribution in [0.25, 0.3) is 10.6 Å². The van der Waals surface area contributed by atoms with E-state index in [1.54, 1.807) is 42.6 Å². The van der Waals surface area contributed by atoms with Gasteiger partial charge in [-0.1, -0.05) is 12.1 Å². The molecule has 0 bridgehead atoms. The Morgan fingerprint density at radius 3 is 2.42 bits per heavy atom. The Hall–Kier alpha value is -2.99. The normalized spacial score (nSPS) is 10.4. The van der Waals surface area contributed by atoms with Crippen molar-refractivity contribution in [3.8, 4) is 10.6 Å². The van der Waals surface area contributed by atoms with Gasteiger partial charge in [0.2, 0.25) is 0 Å². The first-order valence-electron chi connectivity index (χ1n) is 8.16. The van der Waals surface area contributed by atoms with E-state index < -0.39 is 0 Å². The molecule has 3 aromatic rings. The molecular formula is C20H19N3O2S. The van der Waals surface area contributed by atoms with Gasteiger partial charge in [0.1, 0.15) is 0 Å². The summed E-state index contributed by atoms with van der Waals surface area (Å²) in [5, 5.41) is 7.48. The molecule has 3 rings (SSSR count). The quantitative estimate of drug-likeness (QED) is 0.733. The Labute approximate surface area is 156 Å². The fourth-order valence-corrected chi connectivity index (χ4v) is 3.40. The van der Waals surface area contributed by atoms with Crippen molar-refractivity contribution in [1.29, 1.82) is 0 Å². The van der Waals surface area contributed by atoms with Crippen LogP contribution in [0.4, 0.5) is 5.69 Å². The standard InChI is InChI=1S/C20H19N3O2S/c1-12-14(19(24)21-3)6-4-7-16(12)23-20(25)15-9-10-17(22-13(15)2)18-8-5-11-26-18/h4-11H,1-3H3,(H,21,24)(H,23,25). The van der Waals surface area contributed by atoms with E-state index in [0.717, 1.165) is 16.1 Å². The van der Waals surface area contributed by atoms with Gasteiger partial charge in [0.05, 0.1) is 21.8 Å². The van der Waals surface area contributed by atoms with E-state index in [4.69, 9.17) is 0 Å². The van der Waals surface area contributed by atoms with E-state index in [0.29, 0.717) is 22.5 Å². The molecule has 0 radical (unpaired) electrons. The topological polar surface area (TPSA) is 71.1 Å². The van der Waals surface area contributed by atoms with Gasteiger partial charge in [-0.05, 0) is 55.1 Å². The van der Waals surface area contributed by atoms with Crippen molar-refractivity contribution in [2.45, 2.75) is 13.8 Å². The first-order chi connectivity index (χ1) is 12.5. The molecule has 2 heterocycles. The van der Waals surface area contributed by atoms with Gasteiger partial charge >= 0.3 is 0 Å². The molecule has 132 valence electrons. The van der Waals surface area contributed by atoms with Crippen LogP contribution in [-0.4, -0.2) is 23.8 Å². The van der Waals surface area contributed by atoms with E-state index in [9.17, 15) is 9.59 Å². The fraction of sp³-hybridized carbons (Fsp3) is 0.150. The van der Waals surface area contributed by atoms with Crippen molar-refractivity contribution >= 4 is 28.8 Å². The van der Waals surface area contributed by atoms with Gasteiger partial charge in [-0.15, -0.1) is 11.3 Å². The lowest BCUT2D eigenvalue weighted by Crippen LogP contribution is -2.20. The van der Waals surface area contributed by atoms with E-state index >= 15 is 0 Å². The third-order valence-corrected chi connectivity index (χ3v) is 5.05. The summed E-state index contributed by atoms with van der Waals surface area (Å²) >= 11 is 1.61. The minimum absolute atomic E-state index is 0.184. The number of rotatable bonds is 4. The predicted molar refractivity (Wildman–Crippen MR) is 105 cm³/mol. The maximum atomic E-state index is 12.7. The SMILES string of the molecule is CNC(=O)c1cccc(NC(=O)c2ccc(-c3cccs3)nc2C)c1C. The van der Waals surface area contributed by atoms with Gasteiger partial charge in [0.15, 0.2) is 0 Å². The third-order valence-electron chi connectivity index (χ3n) is 4.16. The van der Waals surface area contributed by atoms with Crippen LogP contribution in [0.2, 0.25) is 0 Å². The number of pyridine rings is 1. The molecule has 0 saturated carbocycles. The highest BCUT2D eigenvalue weighted by Gasteiger charge is 2.15. The predicted octanol–water partition coefficient (Wildman–Crippen LogP) is 4.04. The minimum Gasteiger partial charge on any atom is -0.355 e. The minimum atomic E-state index is -0.245. The largest absolute Gasteiger partial charge is 0.355 e. The fourth-order valence-electron chi connectivity index (χ4n) is 2.70. The van der Waals surface area contributed by atoms with Gasteiger partial charge in [-0.25, -0.2) is 0 Å².